The van der Waals surface area contributed by atoms with Crippen molar-refractivity contribution < 1.29 is 0 Å². The largest absolute Gasteiger partial charge is 0.256 e. The van der Waals surface area contributed by atoms with Crippen molar-refractivity contribution in [3.63, 3.8) is 0 Å². The van der Waals surface area contributed by atoms with E-state index in [1.165, 1.54) is 42.8 Å². The number of nitrogens with zero attached hydrogens (tertiary/aromatic N) is 2. The van der Waals surface area contributed by atoms with Crippen LogP contribution in [0.5, 0.6) is 0 Å². The van der Waals surface area contributed by atoms with E-state index in [2.05, 4.69) is 119 Å². The van der Waals surface area contributed by atoms with Gasteiger partial charge in [-0.3, -0.25) is 9.97 Å². The van der Waals surface area contributed by atoms with Gasteiger partial charge in [-0.05, 0) is 59.4 Å². The van der Waals surface area contributed by atoms with Crippen LogP contribution in [0.4, 0.5) is 0 Å². The molecule has 36 heavy (non-hydrogen) atoms. The lowest BCUT2D eigenvalue weighted by atomic mass is 10.0. The molecule has 0 unspecified atom stereocenters. The van der Waals surface area contributed by atoms with Crippen molar-refractivity contribution in [2.45, 2.75) is 22.6 Å². The summed E-state index contributed by atoms with van der Waals surface area (Å²) in [5.74, 6) is 0. The number of hydrogen-bond acceptors (Lipinski definition) is 4. The van der Waals surface area contributed by atoms with Crippen LogP contribution in [0, 0.1) is 0 Å². The van der Waals surface area contributed by atoms with Crippen molar-refractivity contribution in [1.29, 1.82) is 0 Å². The Bertz CT molecular complexity index is 1510. The van der Waals surface area contributed by atoms with Gasteiger partial charge < -0.3 is 0 Å². The summed E-state index contributed by atoms with van der Waals surface area (Å²) in [5, 5.41) is 2.38. The molecule has 4 aromatic carbocycles. The first-order valence-electron chi connectivity index (χ1n) is 12.0. The Hall–Kier alpha value is -3.60. The van der Waals surface area contributed by atoms with Crippen LogP contribution in [0.25, 0.3) is 21.8 Å². The van der Waals surface area contributed by atoms with E-state index >= 15 is 0 Å². The van der Waals surface area contributed by atoms with Crippen LogP contribution < -0.4 is 0 Å². The Morgan fingerprint density at radius 2 is 0.889 bits per heavy atom. The van der Waals surface area contributed by atoms with Crippen LogP contribution in [0.1, 0.15) is 22.3 Å². The lowest BCUT2D eigenvalue weighted by Crippen LogP contribution is -1.90. The van der Waals surface area contributed by atoms with Crippen LogP contribution in [0.15, 0.2) is 131 Å². The average Bonchev–Trinajstić information content (AvgIpc) is 2.93. The van der Waals surface area contributed by atoms with Gasteiger partial charge in [-0.15, -0.1) is 0 Å². The second kappa shape index (κ2) is 10.6. The van der Waals surface area contributed by atoms with Gasteiger partial charge in [0.25, 0.3) is 0 Å². The highest BCUT2D eigenvalue weighted by atomic mass is 33.1. The minimum Gasteiger partial charge on any atom is -0.256 e. The molecule has 6 aromatic rings. The Morgan fingerprint density at radius 3 is 1.33 bits per heavy atom. The van der Waals surface area contributed by atoms with E-state index in [0.29, 0.717) is 0 Å². The zero-order chi connectivity index (χ0) is 24.2. The molecule has 0 fully saturated rings. The first kappa shape index (κ1) is 22.8. The molecule has 0 amide bonds. The topological polar surface area (TPSA) is 25.8 Å². The maximum absolute atomic E-state index is 4.66. The molecule has 174 valence electrons. The normalized spacial score (nSPS) is 11.2. The lowest BCUT2D eigenvalue weighted by Gasteiger charge is -2.10. The molecule has 0 saturated heterocycles. The van der Waals surface area contributed by atoms with Gasteiger partial charge in [-0.1, -0.05) is 107 Å². The van der Waals surface area contributed by atoms with E-state index in [0.717, 1.165) is 23.9 Å². The summed E-state index contributed by atoms with van der Waals surface area (Å²) in [6, 6.07) is 38.7. The summed E-state index contributed by atoms with van der Waals surface area (Å²) < 4.78 is 0. The fourth-order valence-corrected chi connectivity index (χ4v) is 6.80. The van der Waals surface area contributed by atoms with Crippen LogP contribution in [0.3, 0.4) is 0 Å². The van der Waals surface area contributed by atoms with Gasteiger partial charge in [0.2, 0.25) is 0 Å². The number of rotatable bonds is 7. The third-order valence-corrected chi connectivity index (χ3v) is 8.74. The van der Waals surface area contributed by atoms with Crippen molar-refractivity contribution in [1.82, 2.24) is 9.97 Å². The molecule has 0 atom stereocenters. The molecule has 4 heteroatoms. The summed E-state index contributed by atoms with van der Waals surface area (Å²) in [6.07, 6.45) is 5.66. The molecule has 2 nitrogen and oxygen atoms in total. The lowest BCUT2D eigenvalue weighted by molar-refractivity contribution is 1.19. The second-order valence-corrected chi connectivity index (χ2v) is 11.0. The summed E-state index contributed by atoms with van der Waals surface area (Å²) >= 11 is 0. The SMILES string of the molecule is c1ccc(Cc2ccc3c(SSc4ccnc5cc(Cc6ccccc6)ccc45)ccnc3c2)cc1. The number of pyridine rings is 2. The fraction of sp³-hybridized carbons (Fsp3) is 0.0625. The summed E-state index contributed by atoms with van der Waals surface area (Å²) in [6.45, 7) is 0. The molecule has 2 aromatic heterocycles. The highest BCUT2D eigenvalue weighted by Gasteiger charge is 2.09. The molecule has 0 aliphatic heterocycles. The fourth-order valence-electron chi connectivity index (χ4n) is 4.45. The molecule has 0 spiro atoms. The molecule has 6 rings (SSSR count). The van der Waals surface area contributed by atoms with Crippen LogP contribution in [0.2, 0.25) is 0 Å². The minimum absolute atomic E-state index is 0.917. The summed E-state index contributed by atoms with van der Waals surface area (Å²) in [5.41, 5.74) is 7.27. The first-order valence-corrected chi connectivity index (χ1v) is 14.1. The van der Waals surface area contributed by atoms with E-state index in [-0.39, 0.29) is 0 Å². The minimum atomic E-state index is 0.917. The maximum Gasteiger partial charge on any atom is 0.0716 e. The zero-order valence-corrected chi connectivity index (χ0v) is 21.3. The van der Waals surface area contributed by atoms with Gasteiger partial charge >= 0.3 is 0 Å². The zero-order valence-electron chi connectivity index (χ0n) is 19.7. The molecule has 0 bridgehead atoms. The summed E-state index contributed by atoms with van der Waals surface area (Å²) in [4.78, 5) is 11.8. The summed E-state index contributed by atoms with van der Waals surface area (Å²) in [7, 11) is 3.57. The molecular weight excluding hydrogens is 477 g/mol. The van der Waals surface area contributed by atoms with Gasteiger partial charge in [0.1, 0.15) is 0 Å². The van der Waals surface area contributed by atoms with Crippen LogP contribution in [-0.4, -0.2) is 9.97 Å². The Labute approximate surface area is 219 Å². The van der Waals surface area contributed by atoms with Crippen LogP contribution in [-0.2, 0) is 12.8 Å². The van der Waals surface area contributed by atoms with Gasteiger partial charge in [0.15, 0.2) is 0 Å². The smallest absolute Gasteiger partial charge is 0.0716 e. The molecule has 0 radical (unpaired) electrons. The van der Waals surface area contributed by atoms with E-state index in [1.807, 2.05) is 12.4 Å². The van der Waals surface area contributed by atoms with Crippen molar-refractivity contribution in [2.24, 2.45) is 0 Å². The first-order chi connectivity index (χ1) is 17.8. The van der Waals surface area contributed by atoms with E-state index in [9.17, 15) is 0 Å². The predicted molar refractivity (Wildman–Crippen MR) is 154 cm³/mol. The molecule has 0 aliphatic carbocycles. The number of hydrogen-bond donors (Lipinski definition) is 0. The second-order valence-electron chi connectivity index (χ2n) is 8.81. The van der Waals surface area contributed by atoms with Gasteiger partial charge in [-0.2, -0.15) is 0 Å². The van der Waals surface area contributed by atoms with Crippen molar-refractivity contribution in [3.8, 4) is 0 Å². The number of benzene rings is 4. The van der Waals surface area contributed by atoms with Crippen LogP contribution >= 0.6 is 21.6 Å². The van der Waals surface area contributed by atoms with E-state index < -0.39 is 0 Å². The van der Waals surface area contributed by atoms with E-state index in [1.54, 1.807) is 21.6 Å². The quantitative estimate of drug-likeness (QED) is 0.205. The van der Waals surface area contributed by atoms with Gasteiger partial charge in [0, 0.05) is 33.0 Å². The maximum atomic E-state index is 4.66. The van der Waals surface area contributed by atoms with Gasteiger partial charge in [0.05, 0.1) is 11.0 Å². The Balaban J connectivity index is 1.22. The van der Waals surface area contributed by atoms with E-state index in [4.69, 9.17) is 0 Å². The third kappa shape index (κ3) is 5.15. The molecule has 0 aliphatic rings. The van der Waals surface area contributed by atoms with Gasteiger partial charge in [-0.25, -0.2) is 0 Å². The van der Waals surface area contributed by atoms with Crippen molar-refractivity contribution in [2.75, 3.05) is 0 Å². The number of fused-ring (bicyclic) bond motifs is 2. The molecule has 0 saturated carbocycles. The molecular formula is C32H24N2S2. The van der Waals surface area contributed by atoms with Crippen molar-refractivity contribution >= 4 is 43.4 Å². The average molecular weight is 501 g/mol. The standard InChI is InChI=1S/C32H24N2S2/c1-3-7-23(8-4-1)19-25-11-13-27-29(21-25)33-17-15-31(27)35-36-32-16-18-34-30-22-26(12-14-28(30)32)20-24-9-5-2-6-10-24/h1-18,21-22H,19-20H2. The predicted octanol–water partition coefficient (Wildman–Crippen LogP) is 8.76. The number of aromatic nitrogens is 2. The highest BCUT2D eigenvalue weighted by Crippen LogP contribution is 2.42. The Morgan fingerprint density at radius 1 is 0.444 bits per heavy atom. The Kier molecular flexibility index (Phi) is 6.70. The highest BCUT2D eigenvalue weighted by molar-refractivity contribution is 8.76. The monoisotopic (exact) mass is 500 g/mol. The molecule has 2 heterocycles. The molecule has 0 N–H and O–H groups in total. The van der Waals surface area contributed by atoms with Crippen molar-refractivity contribution in [3.05, 3.63) is 144 Å². The third-order valence-electron chi connectivity index (χ3n) is 6.26.